The minimum Gasteiger partial charge on any atom is -0.391 e. The largest absolute Gasteiger partial charge is 0.391 e. The number of nitrogens with one attached hydrogen (secondary N) is 2. The Bertz CT molecular complexity index is 444. The van der Waals surface area contributed by atoms with Crippen LogP contribution < -0.4 is 10.6 Å². The highest BCUT2D eigenvalue weighted by atomic mass is 16.3. The van der Waals surface area contributed by atoms with Crippen LogP contribution in [-0.2, 0) is 6.54 Å². The molecule has 1 aliphatic rings. The summed E-state index contributed by atoms with van der Waals surface area (Å²) in [4.78, 5) is 11.9. The Balaban J connectivity index is 1.83. The normalized spacial score (nSPS) is 22.8. The van der Waals surface area contributed by atoms with E-state index in [1.54, 1.807) is 6.20 Å². The van der Waals surface area contributed by atoms with Crippen LogP contribution in [0, 0.1) is 5.92 Å². The van der Waals surface area contributed by atoms with E-state index < -0.39 is 6.10 Å². The van der Waals surface area contributed by atoms with Crippen LogP contribution >= 0.6 is 0 Å². The lowest BCUT2D eigenvalue weighted by Gasteiger charge is -2.28. The summed E-state index contributed by atoms with van der Waals surface area (Å²) in [6.07, 6.45) is 6.70. The first-order valence-corrected chi connectivity index (χ1v) is 7.32. The fraction of sp³-hybridized carbons (Fsp3) is 0.714. The van der Waals surface area contributed by atoms with E-state index in [4.69, 9.17) is 0 Å². The molecule has 6 heteroatoms. The Morgan fingerprint density at radius 2 is 2.25 bits per heavy atom. The van der Waals surface area contributed by atoms with Gasteiger partial charge in [0.15, 0.2) is 0 Å². The zero-order chi connectivity index (χ0) is 14.5. The highest BCUT2D eigenvalue weighted by molar-refractivity contribution is 5.89. The highest BCUT2D eigenvalue weighted by Gasteiger charge is 2.24. The molecule has 112 valence electrons. The number of carbonyl (C=O) groups excluding carboxylic acids is 1. The molecule has 2 amide bonds. The number of hydrogen-bond donors (Lipinski definition) is 3. The third-order valence-electron chi connectivity index (χ3n) is 3.49. The molecule has 0 saturated heterocycles. The number of carbonyl (C=O) groups is 1. The summed E-state index contributed by atoms with van der Waals surface area (Å²) in [6.45, 7) is 5.06. The van der Waals surface area contributed by atoms with Gasteiger partial charge in [-0.3, -0.25) is 4.68 Å². The molecule has 0 spiro atoms. The molecule has 1 aromatic rings. The second-order valence-corrected chi connectivity index (χ2v) is 5.90. The Labute approximate surface area is 119 Å². The van der Waals surface area contributed by atoms with Crippen LogP contribution in [0.2, 0.25) is 0 Å². The van der Waals surface area contributed by atoms with Crippen molar-refractivity contribution in [3.05, 3.63) is 12.4 Å². The van der Waals surface area contributed by atoms with Crippen LogP contribution in [-0.4, -0.2) is 33.1 Å². The minimum atomic E-state index is -0.432. The van der Waals surface area contributed by atoms with Crippen LogP contribution in [0.1, 0.15) is 39.5 Å². The topological polar surface area (TPSA) is 79.2 Å². The van der Waals surface area contributed by atoms with Gasteiger partial charge >= 0.3 is 6.03 Å². The second kappa shape index (κ2) is 6.74. The standard InChI is InChI=1S/C14H24N4O2/c1-10(2)8-18-9-11(7-15-18)16-14(20)17-12-5-3-4-6-13(12)19/h7,9-10,12-13,19H,3-6,8H2,1-2H3,(H2,16,17,20). The molecule has 0 aromatic carbocycles. The van der Waals surface area contributed by atoms with Gasteiger partial charge in [-0.25, -0.2) is 4.79 Å². The summed E-state index contributed by atoms with van der Waals surface area (Å²) in [6, 6.07) is -0.422. The number of aromatic nitrogens is 2. The van der Waals surface area contributed by atoms with E-state index in [1.807, 2.05) is 10.9 Å². The van der Waals surface area contributed by atoms with Crippen LogP contribution in [0.3, 0.4) is 0 Å². The van der Waals surface area contributed by atoms with Crippen LogP contribution in [0.4, 0.5) is 10.5 Å². The molecular formula is C14H24N4O2. The fourth-order valence-electron chi connectivity index (χ4n) is 2.52. The first-order valence-electron chi connectivity index (χ1n) is 7.32. The quantitative estimate of drug-likeness (QED) is 0.789. The summed E-state index contributed by atoms with van der Waals surface area (Å²) in [5, 5.41) is 19.6. The van der Waals surface area contributed by atoms with Gasteiger partial charge in [-0.1, -0.05) is 26.7 Å². The van der Waals surface area contributed by atoms with Crippen molar-refractivity contribution in [2.45, 2.75) is 58.2 Å². The number of hydrogen-bond acceptors (Lipinski definition) is 3. The molecule has 0 bridgehead atoms. The number of aliphatic hydroxyl groups excluding tert-OH is 1. The summed E-state index contributed by atoms with van der Waals surface area (Å²) in [7, 11) is 0. The van der Waals surface area contributed by atoms with Gasteiger partial charge in [-0.15, -0.1) is 0 Å². The van der Waals surface area contributed by atoms with Crippen LogP contribution in [0.25, 0.3) is 0 Å². The van der Waals surface area contributed by atoms with Gasteiger partial charge < -0.3 is 15.7 Å². The van der Waals surface area contributed by atoms with Gasteiger partial charge in [-0.2, -0.15) is 5.10 Å². The summed E-state index contributed by atoms with van der Waals surface area (Å²) in [5.74, 6) is 0.508. The number of rotatable bonds is 4. The maximum absolute atomic E-state index is 11.9. The predicted molar refractivity (Wildman–Crippen MR) is 77.5 cm³/mol. The molecular weight excluding hydrogens is 256 g/mol. The number of aliphatic hydroxyl groups is 1. The van der Waals surface area contributed by atoms with Crippen molar-refractivity contribution in [1.29, 1.82) is 0 Å². The third kappa shape index (κ3) is 4.23. The van der Waals surface area contributed by atoms with Crippen molar-refractivity contribution >= 4 is 11.7 Å². The third-order valence-corrected chi connectivity index (χ3v) is 3.49. The van der Waals surface area contributed by atoms with Crippen LogP contribution in [0.5, 0.6) is 0 Å². The summed E-state index contributed by atoms with van der Waals surface area (Å²) in [5.41, 5.74) is 0.674. The molecule has 1 saturated carbocycles. The van der Waals surface area contributed by atoms with Crippen molar-refractivity contribution in [2.75, 3.05) is 5.32 Å². The Morgan fingerprint density at radius 1 is 1.50 bits per heavy atom. The molecule has 2 unspecified atom stereocenters. The lowest BCUT2D eigenvalue weighted by Crippen LogP contribution is -2.46. The first-order chi connectivity index (χ1) is 9.54. The molecule has 1 fully saturated rings. The maximum atomic E-state index is 11.9. The number of amides is 2. The van der Waals surface area contributed by atoms with Gasteiger partial charge in [0.25, 0.3) is 0 Å². The van der Waals surface area contributed by atoms with E-state index in [0.717, 1.165) is 32.2 Å². The monoisotopic (exact) mass is 280 g/mol. The second-order valence-electron chi connectivity index (χ2n) is 5.90. The van der Waals surface area contributed by atoms with Crippen molar-refractivity contribution in [2.24, 2.45) is 5.92 Å². The van der Waals surface area contributed by atoms with Gasteiger partial charge in [0.05, 0.1) is 24.0 Å². The van der Waals surface area contributed by atoms with Crippen LogP contribution in [0.15, 0.2) is 12.4 Å². The fourth-order valence-corrected chi connectivity index (χ4v) is 2.52. The smallest absolute Gasteiger partial charge is 0.319 e. The number of nitrogens with zero attached hydrogens (tertiary/aromatic N) is 2. The lowest BCUT2D eigenvalue weighted by atomic mass is 9.93. The Hall–Kier alpha value is -1.56. The molecule has 6 nitrogen and oxygen atoms in total. The van der Waals surface area contributed by atoms with E-state index in [9.17, 15) is 9.90 Å². The molecule has 1 aliphatic carbocycles. The average Bonchev–Trinajstić information content (AvgIpc) is 2.78. The highest BCUT2D eigenvalue weighted by Crippen LogP contribution is 2.18. The zero-order valence-electron chi connectivity index (χ0n) is 12.2. The average molecular weight is 280 g/mol. The van der Waals surface area contributed by atoms with Gasteiger partial charge in [0, 0.05) is 12.7 Å². The Morgan fingerprint density at radius 3 is 2.95 bits per heavy atom. The molecule has 3 N–H and O–H groups in total. The number of anilines is 1. The number of urea groups is 1. The molecule has 2 atom stereocenters. The predicted octanol–water partition coefficient (Wildman–Crippen LogP) is 1.96. The molecule has 0 aliphatic heterocycles. The van der Waals surface area contributed by atoms with E-state index in [-0.39, 0.29) is 12.1 Å². The zero-order valence-corrected chi connectivity index (χ0v) is 12.2. The molecule has 0 radical (unpaired) electrons. The van der Waals surface area contributed by atoms with Gasteiger partial charge in [-0.05, 0) is 18.8 Å². The van der Waals surface area contributed by atoms with Crippen molar-refractivity contribution < 1.29 is 9.90 Å². The Kier molecular flexibility index (Phi) is 5.00. The van der Waals surface area contributed by atoms with Crippen molar-refractivity contribution in [3.8, 4) is 0 Å². The molecule has 1 heterocycles. The van der Waals surface area contributed by atoms with Gasteiger partial charge in [0.2, 0.25) is 0 Å². The first kappa shape index (κ1) is 14.8. The summed E-state index contributed by atoms with van der Waals surface area (Å²) >= 11 is 0. The van der Waals surface area contributed by atoms with E-state index in [2.05, 4.69) is 29.6 Å². The molecule has 2 rings (SSSR count). The lowest BCUT2D eigenvalue weighted by molar-refractivity contribution is 0.0955. The van der Waals surface area contributed by atoms with E-state index >= 15 is 0 Å². The van der Waals surface area contributed by atoms with E-state index in [0.29, 0.717) is 11.6 Å². The molecule has 1 aromatic heterocycles. The van der Waals surface area contributed by atoms with E-state index in [1.165, 1.54) is 0 Å². The summed E-state index contributed by atoms with van der Waals surface area (Å²) < 4.78 is 1.82. The van der Waals surface area contributed by atoms with Gasteiger partial charge in [0.1, 0.15) is 0 Å². The van der Waals surface area contributed by atoms with Crippen molar-refractivity contribution in [3.63, 3.8) is 0 Å². The maximum Gasteiger partial charge on any atom is 0.319 e. The SMILES string of the molecule is CC(C)Cn1cc(NC(=O)NC2CCCCC2O)cn1. The van der Waals surface area contributed by atoms with Crippen molar-refractivity contribution in [1.82, 2.24) is 15.1 Å². The minimum absolute atomic E-state index is 0.144. The molecule has 20 heavy (non-hydrogen) atoms.